The predicted molar refractivity (Wildman–Crippen MR) is 64.9 cm³/mol. The summed E-state index contributed by atoms with van der Waals surface area (Å²) < 4.78 is 17.2. The Balaban J connectivity index is 2.07. The molecule has 0 atom stereocenters. The van der Waals surface area contributed by atoms with Crippen LogP contribution in [-0.2, 0) is 4.74 Å². The molecule has 0 amide bonds. The first kappa shape index (κ1) is 11.7. The molecule has 1 aromatic rings. The van der Waals surface area contributed by atoms with Gasteiger partial charge in [-0.1, -0.05) is 15.9 Å². The third-order valence-corrected chi connectivity index (χ3v) is 3.08. The molecule has 16 heavy (non-hydrogen) atoms. The summed E-state index contributed by atoms with van der Waals surface area (Å²) in [6.45, 7) is 0.239. The van der Waals surface area contributed by atoms with Gasteiger partial charge in [-0.15, -0.1) is 0 Å². The molecule has 0 aromatic heterocycles. The number of ether oxygens (including phenoxy) is 3. The van der Waals surface area contributed by atoms with Gasteiger partial charge in [-0.2, -0.15) is 0 Å². The molecule has 1 saturated carbocycles. The molecule has 0 spiro atoms. The van der Waals surface area contributed by atoms with Gasteiger partial charge >= 0.3 is 0 Å². The van der Waals surface area contributed by atoms with E-state index in [0.717, 1.165) is 28.8 Å². The van der Waals surface area contributed by atoms with Crippen LogP contribution in [0.25, 0.3) is 0 Å². The number of benzene rings is 1. The minimum atomic E-state index is 0.239. The predicted octanol–water partition coefficient (Wildman–Crippen LogP) is 3.36. The summed E-state index contributed by atoms with van der Waals surface area (Å²) in [6.07, 6.45) is 3.87. The Morgan fingerprint density at radius 3 is 2.75 bits per heavy atom. The van der Waals surface area contributed by atoms with Crippen LogP contribution < -0.4 is 9.47 Å². The first-order valence-electron chi connectivity index (χ1n) is 5.37. The molecule has 2 rings (SSSR count). The van der Waals surface area contributed by atoms with E-state index in [1.165, 1.54) is 6.42 Å². The van der Waals surface area contributed by atoms with E-state index in [4.69, 9.17) is 14.2 Å². The van der Waals surface area contributed by atoms with Gasteiger partial charge in [0.25, 0.3) is 0 Å². The maximum Gasteiger partial charge on any atom is 0.188 e. The molecule has 1 fully saturated rings. The second kappa shape index (κ2) is 5.55. The highest BCUT2D eigenvalue weighted by Gasteiger charge is 2.20. The lowest BCUT2D eigenvalue weighted by atomic mass is 9.96. The first-order chi connectivity index (χ1) is 7.79. The Bertz CT molecular complexity index is 350. The lowest BCUT2D eigenvalue weighted by molar-refractivity contribution is 0.0441. The largest absolute Gasteiger partial charge is 0.487 e. The van der Waals surface area contributed by atoms with E-state index in [9.17, 15) is 0 Å². The fourth-order valence-corrected chi connectivity index (χ4v) is 1.82. The highest BCUT2D eigenvalue weighted by atomic mass is 79.9. The maximum absolute atomic E-state index is 5.85. The minimum Gasteiger partial charge on any atom is -0.487 e. The van der Waals surface area contributed by atoms with Gasteiger partial charge in [-0.3, -0.25) is 0 Å². The van der Waals surface area contributed by atoms with Crippen LogP contribution in [-0.4, -0.2) is 20.0 Å². The van der Waals surface area contributed by atoms with Gasteiger partial charge in [0, 0.05) is 11.6 Å². The highest BCUT2D eigenvalue weighted by Crippen LogP contribution is 2.34. The van der Waals surface area contributed by atoms with Crippen LogP contribution in [0.15, 0.2) is 22.7 Å². The fourth-order valence-electron chi connectivity index (χ4n) is 1.48. The Kier molecular flexibility index (Phi) is 4.07. The quantitative estimate of drug-likeness (QED) is 0.777. The monoisotopic (exact) mass is 286 g/mol. The molecule has 3 nitrogen and oxygen atoms in total. The fraction of sp³-hybridized carbons (Fsp3) is 0.500. The van der Waals surface area contributed by atoms with Crippen LogP contribution in [0.4, 0.5) is 0 Å². The van der Waals surface area contributed by atoms with Crippen molar-refractivity contribution in [1.29, 1.82) is 0 Å². The summed E-state index contributed by atoms with van der Waals surface area (Å²) in [7, 11) is 1.60. The third kappa shape index (κ3) is 2.89. The maximum atomic E-state index is 5.85. The summed E-state index contributed by atoms with van der Waals surface area (Å²) in [6, 6.07) is 5.75. The topological polar surface area (TPSA) is 27.7 Å². The van der Waals surface area contributed by atoms with Crippen molar-refractivity contribution in [3.63, 3.8) is 0 Å². The van der Waals surface area contributed by atoms with Crippen LogP contribution in [0, 0.1) is 0 Å². The highest BCUT2D eigenvalue weighted by molar-refractivity contribution is 9.10. The molecular weight excluding hydrogens is 272 g/mol. The van der Waals surface area contributed by atoms with Crippen molar-refractivity contribution < 1.29 is 14.2 Å². The number of hydrogen-bond donors (Lipinski definition) is 0. The Hall–Kier alpha value is -0.740. The van der Waals surface area contributed by atoms with Gasteiger partial charge in [0.1, 0.15) is 0 Å². The van der Waals surface area contributed by atoms with Gasteiger partial charge in [-0.25, -0.2) is 0 Å². The smallest absolute Gasteiger partial charge is 0.188 e. The van der Waals surface area contributed by atoms with Gasteiger partial charge < -0.3 is 14.2 Å². The second-order valence-corrected chi connectivity index (χ2v) is 4.73. The van der Waals surface area contributed by atoms with Crippen LogP contribution in [0.3, 0.4) is 0 Å². The Labute approximate surface area is 104 Å². The minimum absolute atomic E-state index is 0.239. The zero-order chi connectivity index (χ0) is 11.4. The summed E-state index contributed by atoms with van der Waals surface area (Å²) in [5.74, 6) is 1.52. The third-order valence-electron chi connectivity index (χ3n) is 2.58. The molecule has 88 valence electrons. The van der Waals surface area contributed by atoms with Crippen LogP contribution >= 0.6 is 15.9 Å². The molecule has 1 aliphatic rings. The number of halogens is 1. The first-order valence-corrected chi connectivity index (χ1v) is 6.17. The van der Waals surface area contributed by atoms with Crippen molar-refractivity contribution in [2.75, 3.05) is 13.9 Å². The van der Waals surface area contributed by atoms with E-state index >= 15 is 0 Å². The Morgan fingerprint density at radius 2 is 2.12 bits per heavy atom. The van der Waals surface area contributed by atoms with Gasteiger partial charge in [0.15, 0.2) is 18.3 Å². The molecule has 0 bridgehead atoms. The van der Waals surface area contributed by atoms with E-state index in [1.54, 1.807) is 7.11 Å². The number of rotatable bonds is 5. The molecule has 0 saturated heterocycles. The van der Waals surface area contributed by atoms with Crippen molar-refractivity contribution >= 4 is 15.9 Å². The van der Waals surface area contributed by atoms with E-state index in [0.29, 0.717) is 6.10 Å². The zero-order valence-corrected chi connectivity index (χ0v) is 10.8. The normalized spacial score (nSPS) is 15.6. The molecule has 1 aromatic carbocycles. The number of methoxy groups -OCH3 is 1. The lowest BCUT2D eigenvalue weighted by Crippen LogP contribution is -2.24. The molecular formula is C12H15BrO3. The van der Waals surface area contributed by atoms with Crippen LogP contribution in [0.5, 0.6) is 11.5 Å². The summed E-state index contributed by atoms with van der Waals surface area (Å²) >= 11 is 3.43. The molecule has 0 heterocycles. The van der Waals surface area contributed by atoms with Crippen molar-refractivity contribution in [3.05, 3.63) is 22.7 Å². The average Bonchev–Trinajstić information content (AvgIpc) is 2.22. The molecule has 0 N–H and O–H groups in total. The number of hydrogen-bond acceptors (Lipinski definition) is 3. The van der Waals surface area contributed by atoms with Crippen molar-refractivity contribution in [2.24, 2.45) is 0 Å². The van der Waals surface area contributed by atoms with Crippen molar-refractivity contribution in [2.45, 2.75) is 25.4 Å². The molecule has 0 radical (unpaired) electrons. The zero-order valence-electron chi connectivity index (χ0n) is 9.24. The summed E-state index contributed by atoms with van der Waals surface area (Å²) in [5, 5.41) is 0. The molecule has 0 unspecified atom stereocenters. The van der Waals surface area contributed by atoms with Crippen molar-refractivity contribution in [1.82, 2.24) is 0 Å². The van der Waals surface area contributed by atoms with Crippen LogP contribution in [0.1, 0.15) is 19.3 Å². The molecule has 4 heteroatoms. The summed E-state index contributed by atoms with van der Waals surface area (Å²) in [5.41, 5.74) is 0. The molecule has 1 aliphatic carbocycles. The lowest BCUT2D eigenvalue weighted by Gasteiger charge is -2.27. The van der Waals surface area contributed by atoms with E-state index in [-0.39, 0.29) is 6.79 Å². The van der Waals surface area contributed by atoms with Gasteiger partial charge in [0.2, 0.25) is 0 Å². The molecule has 0 aliphatic heterocycles. The van der Waals surface area contributed by atoms with Crippen molar-refractivity contribution in [3.8, 4) is 11.5 Å². The van der Waals surface area contributed by atoms with E-state index in [2.05, 4.69) is 15.9 Å². The van der Waals surface area contributed by atoms with E-state index in [1.807, 2.05) is 18.2 Å². The Morgan fingerprint density at radius 1 is 1.31 bits per heavy atom. The average molecular weight is 287 g/mol. The van der Waals surface area contributed by atoms with Crippen LogP contribution in [0.2, 0.25) is 0 Å². The summed E-state index contributed by atoms with van der Waals surface area (Å²) in [4.78, 5) is 0. The van der Waals surface area contributed by atoms with Gasteiger partial charge in [-0.05, 0) is 37.5 Å². The standard InChI is InChI=1S/C12H15BrO3/c1-14-8-15-11-6-5-9(13)7-12(11)16-10-3-2-4-10/h5-7,10H,2-4,8H2,1H3. The van der Waals surface area contributed by atoms with Gasteiger partial charge in [0.05, 0.1) is 6.10 Å². The van der Waals surface area contributed by atoms with E-state index < -0.39 is 0 Å². The SMILES string of the molecule is COCOc1ccc(Br)cc1OC1CCC1. The second-order valence-electron chi connectivity index (χ2n) is 3.81.